The minimum atomic E-state index is -0.384. The van der Waals surface area contributed by atoms with Crippen LogP contribution in [-0.2, 0) is 16.6 Å². The van der Waals surface area contributed by atoms with Crippen molar-refractivity contribution in [1.82, 2.24) is 14.5 Å². The minimum absolute atomic E-state index is 0.0581. The van der Waals surface area contributed by atoms with Crippen LogP contribution in [0.3, 0.4) is 0 Å². The van der Waals surface area contributed by atoms with Crippen LogP contribution in [0.15, 0.2) is 12.4 Å². The predicted octanol–water partition coefficient (Wildman–Crippen LogP) is 1.41. The van der Waals surface area contributed by atoms with Crippen LogP contribution in [0.4, 0.5) is 0 Å². The Morgan fingerprint density at radius 3 is 2.74 bits per heavy atom. The first-order valence-corrected chi connectivity index (χ1v) is 8.73. The highest BCUT2D eigenvalue weighted by atomic mass is 16.5. The Labute approximate surface area is 138 Å². The summed E-state index contributed by atoms with van der Waals surface area (Å²) >= 11 is 0. The number of rotatable bonds is 4. The highest BCUT2D eigenvalue weighted by molar-refractivity contribution is 5.81. The molecule has 23 heavy (non-hydrogen) atoms. The molecule has 6 heteroatoms. The zero-order valence-electron chi connectivity index (χ0n) is 14.1. The van der Waals surface area contributed by atoms with E-state index in [1.807, 2.05) is 29.6 Å². The number of aromatic nitrogens is 2. The molecule has 1 saturated heterocycles. The molecule has 6 nitrogen and oxygen atoms in total. The molecule has 0 radical (unpaired) electrons. The molecule has 1 aliphatic heterocycles. The number of likely N-dealkylation sites (tertiary alicyclic amines) is 1. The molecule has 1 amide bonds. The smallest absolute Gasteiger partial charge is 0.251 e. The van der Waals surface area contributed by atoms with Crippen molar-refractivity contribution in [3.8, 4) is 0 Å². The van der Waals surface area contributed by atoms with E-state index in [1.54, 1.807) is 6.20 Å². The Morgan fingerprint density at radius 2 is 2.09 bits per heavy atom. The van der Waals surface area contributed by atoms with E-state index in [2.05, 4.69) is 4.98 Å². The van der Waals surface area contributed by atoms with Crippen LogP contribution in [0, 0.1) is 0 Å². The second kappa shape index (κ2) is 7.01. The topological polar surface area (TPSA) is 73.4 Å². The average Bonchev–Trinajstić information content (AvgIpc) is 3.13. The van der Waals surface area contributed by atoms with Gasteiger partial charge in [0.15, 0.2) is 0 Å². The molecule has 1 unspecified atom stereocenters. The van der Waals surface area contributed by atoms with Crippen LogP contribution in [0.2, 0.25) is 0 Å². The lowest BCUT2D eigenvalue weighted by Gasteiger charge is -2.27. The summed E-state index contributed by atoms with van der Waals surface area (Å²) in [5.74, 6) is 1.11. The van der Waals surface area contributed by atoms with E-state index in [0.29, 0.717) is 13.1 Å². The zero-order valence-corrected chi connectivity index (χ0v) is 14.1. The van der Waals surface area contributed by atoms with Crippen molar-refractivity contribution in [3.63, 3.8) is 0 Å². The molecule has 2 heterocycles. The molecule has 1 saturated carbocycles. The first kappa shape index (κ1) is 16.5. The lowest BCUT2D eigenvalue weighted by atomic mass is 9.97. The quantitative estimate of drug-likeness (QED) is 0.910. The number of carbonyl (C=O) groups excluding carboxylic acids is 1. The molecule has 0 bridgehead atoms. The van der Waals surface area contributed by atoms with Crippen molar-refractivity contribution in [2.75, 3.05) is 13.1 Å². The molecule has 2 aliphatic rings. The predicted molar refractivity (Wildman–Crippen MR) is 87.9 cm³/mol. The van der Waals surface area contributed by atoms with Gasteiger partial charge in [-0.25, -0.2) is 4.98 Å². The molecule has 3 rings (SSSR count). The number of nitrogens with zero attached hydrogens (tertiary/aromatic N) is 3. The summed E-state index contributed by atoms with van der Waals surface area (Å²) in [4.78, 5) is 18.9. The van der Waals surface area contributed by atoms with Crippen molar-refractivity contribution in [1.29, 1.82) is 0 Å². The third kappa shape index (κ3) is 3.58. The Bertz CT molecular complexity index is 538. The molecule has 3 atom stereocenters. The standard InChI is InChI=1S/C17H28N4O2/c1-12(23-13-6-4-3-5-7-13)17(22)21-10-14(15(18)11-21)16-19-8-9-20(16)2/h8-9,12-15H,3-7,10-11,18H2,1-2H3/t12?,14-,15-/m1/s1. The first-order chi connectivity index (χ1) is 11.1. The number of nitrogens with two attached hydrogens (primary N) is 1. The Morgan fingerprint density at radius 1 is 1.35 bits per heavy atom. The van der Waals surface area contributed by atoms with Crippen LogP contribution >= 0.6 is 0 Å². The molecule has 1 aromatic rings. The van der Waals surface area contributed by atoms with Crippen molar-refractivity contribution in [3.05, 3.63) is 18.2 Å². The number of imidazole rings is 1. The van der Waals surface area contributed by atoms with Gasteiger partial charge in [-0.2, -0.15) is 0 Å². The number of amides is 1. The lowest BCUT2D eigenvalue weighted by molar-refractivity contribution is -0.146. The van der Waals surface area contributed by atoms with Gasteiger partial charge in [-0.1, -0.05) is 19.3 Å². The van der Waals surface area contributed by atoms with E-state index >= 15 is 0 Å². The van der Waals surface area contributed by atoms with Gasteiger partial charge in [-0.05, 0) is 19.8 Å². The van der Waals surface area contributed by atoms with E-state index in [1.165, 1.54) is 19.3 Å². The maximum atomic E-state index is 12.7. The third-order valence-corrected chi connectivity index (χ3v) is 5.16. The van der Waals surface area contributed by atoms with Gasteiger partial charge in [0.25, 0.3) is 5.91 Å². The zero-order chi connectivity index (χ0) is 16.4. The average molecular weight is 320 g/mol. The van der Waals surface area contributed by atoms with Crippen LogP contribution in [0.25, 0.3) is 0 Å². The minimum Gasteiger partial charge on any atom is -0.365 e. The van der Waals surface area contributed by atoms with Crippen LogP contribution in [-0.4, -0.2) is 51.7 Å². The molecule has 1 aromatic heterocycles. The van der Waals surface area contributed by atoms with Gasteiger partial charge in [-0.15, -0.1) is 0 Å². The Balaban J connectivity index is 1.58. The molecule has 2 fully saturated rings. The van der Waals surface area contributed by atoms with Crippen LogP contribution < -0.4 is 5.73 Å². The number of hydrogen-bond acceptors (Lipinski definition) is 4. The summed E-state index contributed by atoms with van der Waals surface area (Å²) in [6.45, 7) is 3.08. The van der Waals surface area contributed by atoms with Crippen molar-refractivity contribution >= 4 is 5.91 Å². The van der Waals surface area contributed by atoms with Gasteiger partial charge < -0.3 is 19.9 Å². The maximum Gasteiger partial charge on any atom is 0.251 e. The summed E-state index contributed by atoms with van der Waals surface area (Å²) < 4.78 is 7.98. The van der Waals surface area contributed by atoms with E-state index in [4.69, 9.17) is 10.5 Å². The van der Waals surface area contributed by atoms with Gasteiger partial charge in [0.2, 0.25) is 0 Å². The lowest BCUT2D eigenvalue weighted by Crippen LogP contribution is -2.40. The second-order valence-corrected chi connectivity index (χ2v) is 6.95. The summed E-state index contributed by atoms with van der Waals surface area (Å²) in [6.07, 6.45) is 9.41. The van der Waals surface area contributed by atoms with Gasteiger partial charge >= 0.3 is 0 Å². The highest BCUT2D eigenvalue weighted by Crippen LogP contribution is 2.27. The molecule has 0 aromatic carbocycles. The van der Waals surface area contributed by atoms with Crippen LogP contribution in [0.5, 0.6) is 0 Å². The maximum absolute atomic E-state index is 12.7. The van der Waals surface area contributed by atoms with Crippen molar-refractivity contribution in [2.45, 2.75) is 63.2 Å². The fourth-order valence-electron chi connectivity index (χ4n) is 3.82. The normalized spacial score (nSPS) is 27.3. The van der Waals surface area contributed by atoms with Gasteiger partial charge in [0.1, 0.15) is 11.9 Å². The van der Waals surface area contributed by atoms with E-state index in [-0.39, 0.29) is 30.1 Å². The summed E-state index contributed by atoms with van der Waals surface area (Å²) in [6, 6.07) is -0.0677. The van der Waals surface area contributed by atoms with E-state index in [0.717, 1.165) is 18.7 Å². The largest absolute Gasteiger partial charge is 0.365 e. The fourth-order valence-corrected chi connectivity index (χ4v) is 3.82. The van der Waals surface area contributed by atoms with Gasteiger partial charge in [-0.3, -0.25) is 4.79 Å². The molecule has 1 aliphatic carbocycles. The fraction of sp³-hybridized carbons (Fsp3) is 0.765. The second-order valence-electron chi connectivity index (χ2n) is 6.95. The third-order valence-electron chi connectivity index (χ3n) is 5.16. The number of ether oxygens (including phenoxy) is 1. The number of hydrogen-bond donors (Lipinski definition) is 1. The van der Waals surface area contributed by atoms with E-state index < -0.39 is 0 Å². The first-order valence-electron chi connectivity index (χ1n) is 8.73. The monoisotopic (exact) mass is 320 g/mol. The van der Waals surface area contributed by atoms with Crippen molar-refractivity contribution < 1.29 is 9.53 Å². The summed E-state index contributed by atoms with van der Waals surface area (Å²) in [5.41, 5.74) is 6.26. The molecule has 128 valence electrons. The number of carbonyl (C=O) groups is 1. The SMILES string of the molecule is CC(OC1CCCCC1)C(=O)N1C[C@@H](N)[C@H](c2nccn2C)C1. The van der Waals surface area contributed by atoms with E-state index in [9.17, 15) is 4.79 Å². The van der Waals surface area contributed by atoms with Gasteiger partial charge in [0, 0.05) is 38.6 Å². The molecular weight excluding hydrogens is 292 g/mol. The Kier molecular flexibility index (Phi) is 5.02. The number of aryl methyl sites for hydroxylation is 1. The summed E-state index contributed by atoms with van der Waals surface area (Å²) in [7, 11) is 1.97. The highest BCUT2D eigenvalue weighted by Gasteiger charge is 2.38. The van der Waals surface area contributed by atoms with Crippen molar-refractivity contribution in [2.24, 2.45) is 12.8 Å². The van der Waals surface area contributed by atoms with Crippen LogP contribution in [0.1, 0.15) is 50.8 Å². The molecule has 2 N–H and O–H groups in total. The summed E-state index contributed by atoms with van der Waals surface area (Å²) in [5, 5.41) is 0. The molecular formula is C17H28N4O2. The van der Waals surface area contributed by atoms with Gasteiger partial charge in [0.05, 0.1) is 12.0 Å². The molecule has 0 spiro atoms. The Hall–Kier alpha value is -1.40.